The van der Waals surface area contributed by atoms with Crippen LogP contribution in [0.1, 0.15) is 44.2 Å². The molecule has 122 valence electrons. The third kappa shape index (κ3) is 3.16. The lowest BCUT2D eigenvalue weighted by molar-refractivity contribution is -0.146. The van der Waals surface area contributed by atoms with Gasteiger partial charge in [0.1, 0.15) is 0 Å². The molecule has 0 fully saturated rings. The highest BCUT2D eigenvalue weighted by molar-refractivity contribution is 5.95. The molecule has 0 unspecified atom stereocenters. The number of hydrogen-bond acceptors (Lipinski definition) is 2. The molecule has 1 aromatic carbocycles. The van der Waals surface area contributed by atoms with Crippen molar-refractivity contribution in [2.45, 2.75) is 46.0 Å². The van der Waals surface area contributed by atoms with Crippen molar-refractivity contribution in [3.8, 4) is 0 Å². The van der Waals surface area contributed by atoms with E-state index in [-0.39, 0.29) is 5.91 Å². The van der Waals surface area contributed by atoms with Gasteiger partial charge in [0.2, 0.25) is 5.91 Å². The molecule has 2 aliphatic carbocycles. The van der Waals surface area contributed by atoms with Crippen molar-refractivity contribution in [3.05, 3.63) is 40.5 Å². The Kier molecular flexibility index (Phi) is 4.24. The van der Waals surface area contributed by atoms with Crippen molar-refractivity contribution in [2.75, 3.05) is 5.32 Å². The van der Waals surface area contributed by atoms with E-state index < -0.39 is 17.8 Å². The van der Waals surface area contributed by atoms with Crippen molar-refractivity contribution in [2.24, 2.45) is 11.8 Å². The zero-order chi connectivity index (χ0) is 16.6. The first kappa shape index (κ1) is 15.8. The Labute approximate surface area is 136 Å². The Bertz CT molecular complexity index is 690. The van der Waals surface area contributed by atoms with Gasteiger partial charge in [-0.15, -0.1) is 0 Å². The van der Waals surface area contributed by atoms with Gasteiger partial charge < -0.3 is 10.4 Å². The number of allylic oxidation sites excluding steroid dienone is 2. The van der Waals surface area contributed by atoms with Crippen molar-refractivity contribution in [1.29, 1.82) is 0 Å². The van der Waals surface area contributed by atoms with E-state index in [0.29, 0.717) is 12.8 Å². The molecule has 0 radical (unpaired) electrons. The van der Waals surface area contributed by atoms with Crippen molar-refractivity contribution >= 4 is 17.6 Å². The maximum atomic E-state index is 12.6. The first-order chi connectivity index (χ1) is 11.0. The second-order valence-corrected chi connectivity index (χ2v) is 6.85. The molecule has 4 heteroatoms. The maximum Gasteiger partial charge on any atom is 0.307 e. The second kappa shape index (κ2) is 6.19. The van der Waals surface area contributed by atoms with E-state index >= 15 is 0 Å². The minimum atomic E-state index is -0.883. The number of aliphatic carboxylic acids is 1. The van der Waals surface area contributed by atoms with Crippen LogP contribution in [0.3, 0.4) is 0 Å². The van der Waals surface area contributed by atoms with Crippen molar-refractivity contribution in [3.63, 3.8) is 0 Å². The van der Waals surface area contributed by atoms with Crippen LogP contribution in [0.15, 0.2) is 29.3 Å². The summed E-state index contributed by atoms with van der Waals surface area (Å²) < 4.78 is 0. The summed E-state index contributed by atoms with van der Waals surface area (Å²) in [4.78, 5) is 24.2. The second-order valence-electron chi connectivity index (χ2n) is 6.85. The highest BCUT2D eigenvalue weighted by Crippen LogP contribution is 2.35. The fourth-order valence-electron chi connectivity index (χ4n) is 3.71. The quantitative estimate of drug-likeness (QED) is 0.839. The van der Waals surface area contributed by atoms with E-state index in [1.54, 1.807) is 0 Å². The number of carboxylic acid groups (broad SMARTS) is 1. The van der Waals surface area contributed by atoms with Crippen LogP contribution in [0, 0.1) is 11.8 Å². The minimum Gasteiger partial charge on any atom is -0.481 e. The molecule has 3 rings (SSSR count). The summed E-state index contributed by atoms with van der Waals surface area (Å²) in [6.07, 6.45) is 4.32. The summed E-state index contributed by atoms with van der Waals surface area (Å²) in [6.45, 7) is 3.95. The summed E-state index contributed by atoms with van der Waals surface area (Å²) >= 11 is 0. The van der Waals surface area contributed by atoms with Gasteiger partial charge in [-0.2, -0.15) is 0 Å². The molecule has 2 N–H and O–H groups in total. The molecule has 2 aliphatic rings. The Balaban J connectivity index is 1.77. The number of carbonyl (C=O) groups excluding carboxylic acids is 1. The third-order valence-electron chi connectivity index (χ3n) is 5.29. The van der Waals surface area contributed by atoms with Gasteiger partial charge in [-0.1, -0.05) is 17.2 Å². The van der Waals surface area contributed by atoms with Crippen LogP contribution in [0.4, 0.5) is 5.69 Å². The number of anilines is 1. The molecular formula is C19H23NO3. The fraction of sp³-hybridized carbons (Fsp3) is 0.474. The summed E-state index contributed by atoms with van der Waals surface area (Å²) in [5, 5.41) is 12.4. The number of benzene rings is 1. The van der Waals surface area contributed by atoms with Gasteiger partial charge in [0, 0.05) is 5.69 Å². The zero-order valence-corrected chi connectivity index (χ0v) is 13.7. The Hall–Kier alpha value is -2.10. The van der Waals surface area contributed by atoms with Crippen LogP contribution in [0.5, 0.6) is 0 Å². The zero-order valence-electron chi connectivity index (χ0n) is 13.7. The van der Waals surface area contributed by atoms with E-state index in [9.17, 15) is 14.7 Å². The molecule has 0 saturated heterocycles. The molecule has 0 saturated carbocycles. The van der Waals surface area contributed by atoms with Crippen LogP contribution in [0.25, 0.3) is 0 Å². The highest BCUT2D eigenvalue weighted by atomic mass is 16.4. The van der Waals surface area contributed by atoms with Gasteiger partial charge in [-0.3, -0.25) is 9.59 Å². The number of hydrogen-bond donors (Lipinski definition) is 2. The summed E-state index contributed by atoms with van der Waals surface area (Å²) in [5.41, 5.74) is 5.67. The number of amides is 1. The van der Waals surface area contributed by atoms with Crippen molar-refractivity contribution in [1.82, 2.24) is 0 Å². The average Bonchev–Trinajstić information content (AvgIpc) is 2.96. The lowest BCUT2D eigenvalue weighted by atomic mass is 9.76. The Morgan fingerprint density at radius 2 is 1.70 bits per heavy atom. The predicted molar refractivity (Wildman–Crippen MR) is 89.3 cm³/mol. The third-order valence-corrected chi connectivity index (χ3v) is 5.29. The Morgan fingerprint density at radius 3 is 2.39 bits per heavy atom. The first-order valence-corrected chi connectivity index (χ1v) is 8.26. The number of carboxylic acids is 1. The van der Waals surface area contributed by atoms with Gasteiger partial charge in [0.25, 0.3) is 0 Å². The topological polar surface area (TPSA) is 66.4 Å². The first-order valence-electron chi connectivity index (χ1n) is 8.26. The lowest BCUT2D eigenvalue weighted by Crippen LogP contribution is -2.36. The molecule has 23 heavy (non-hydrogen) atoms. The molecule has 0 spiro atoms. The fourth-order valence-corrected chi connectivity index (χ4v) is 3.71. The van der Waals surface area contributed by atoms with Gasteiger partial charge in [-0.25, -0.2) is 0 Å². The molecule has 4 nitrogen and oxygen atoms in total. The molecule has 0 bridgehead atoms. The number of fused-ring (bicyclic) bond motifs is 1. The normalized spacial score (nSPS) is 23.6. The largest absolute Gasteiger partial charge is 0.481 e. The predicted octanol–water partition coefficient (Wildman–Crippen LogP) is 3.56. The van der Waals surface area contributed by atoms with E-state index in [2.05, 4.69) is 11.4 Å². The molecule has 1 amide bonds. The van der Waals surface area contributed by atoms with Crippen LogP contribution in [-0.2, 0) is 22.4 Å². The molecule has 0 aromatic heterocycles. The van der Waals surface area contributed by atoms with E-state index in [1.807, 2.05) is 26.0 Å². The summed E-state index contributed by atoms with van der Waals surface area (Å²) in [6, 6.07) is 6.03. The minimum absolute atomic E-state index is 0.179. The molecule has 2 atom stereocenters. The van der Waals surface area contributed by atoms with E-state index in [1.165, 1.54) is 17.5 Å². The molecule has 1 aromatic rings. The summed E-state index contributed by atoms with van der Waals surface area (Å²) in [7, 11) is 0. The molecule has 0 heterocycles. The number of rotatable bonds is 3. The van der Waals surface area contributed by atoms with E-state index in [4.69, 9.17) is 0 Å². The Morgan fingerprint density at radius 1 is 1.04 bits per heavy atom. The van der Waals surface area contributed by atoms with Gasteiger partial charge in [0.05, 0.1) is 11.8 Å². The van der Waals surface area contributed by atoms with Gasteiger partial charge >= 0.3 is 5.97 Å². The van der Waals surface area contributed by atoms with Gasteiger partial charge in [-0.05, 0) is 69.2 Å². The number of aryl methyl sites for hydroxylation is 2. The van der Waals surface area contributed by atoms with Crippen LogP contribution >= 0.6 is 0 Å². The smallest absolute Gasteiger partial charge is 0.307 e. The molecule has 0 aliphatic heterocycles. The molecular weight excluding hydrogens is 290 g/mol. The van der Waals surface area contributed by atoms with Gasteiger partial charge in [0.15, 0.2) is 0 Å². The van der Waals surface area contributed by atoms with Crippen molar-refractivity contribution < 1.29 is 14.7 Å². The number of nitrogens with one attached hydrogen (secondary N) is 1. The monoisotopic (exact) mass is 313 g/mol. The SMILES string of the molecule is CC1=C(C)C[C@H](C(=O)Nc2ccc3c(c2)CCC3)[C@@H](C(=O)O)C1. The summed E-state index contributed by atoms with van der Waals surface area (Å²) in [5.74, 6) is -2.19. The highest BCUT2D eigenvalue weighted by Gasteiger charge is 2.37. The lowest BCUT2D eigenvalue weighted by Gasteiger charge is -2.29. The average molecular weight is 313 g/mol. The standard InChI is InChI=1S/C19H23NO3/c1-11-8-16(17(19(22)23)9-12(11)2)18(21)20-15-7-6-13-4-3-5-14(13)10-15/h6-7,10,16-17H,3-5,8-9H2,1-2H3,(H,20,21)(H,22,23)/t16-,17-/m0/s1. The van der Waals surface area contributed by atoms with Crippen LogP contribution in [0.2, 0.25) is 0 Å². The van der Waals surface area contributed by atoms with E-state index in [0.717, 1.165) is 29.7 Å². The van der Waals surface area contributed by atoms with Crippen LogP contribution in [-0.4, -0.2) is 17.0 Å². The maximum absolute atomic E-state index is 12.6. The van der Waals surface area contributed by atoms with Crippen LogP contribution < -0.4 is 5.32 Å². The number of carbonyl (C=O) groups is 2.